The van der Waals surface area contributed by atoms with Crippen LogP contribution < -0.4 is 5.73 Å². The number of rotatable bonds is 2. The summed E-state index contributed by atoms with van der Waals surface area (Å²) in [6.45, 7) is 0.745. The minimum Gasteiger partial charge on any atom is -0.330 e. The summed E-state index contributed by atoms with van der Waals surface area (Å²) in [4.78, 5) is 0. The first-order valence-electron chi connectivity index (χ1n) is 5.47. The van der Waals surface area contributed by atoms with Gasteiger partial charge in [0.2, 0.25) is 0 Å². The summed E-state index contributed by atoms with van der Waals surface area (Å²) in [6, 6.07) is 8.06. The van der Waals surface area contributed by atoms with E-state index in [1.165, 1.54) is 30.4 Å². The van der Waals surface area contributed by atoms with E-state index in [4.69, 9.17) is 17.3 Å². The number of nitrogens with two attached hydrogens (primary N) is 1. The molecule has 0 bridgehead atoms. The van der Waals surface area contributed by atoms with E-state index in [0.29, 0.717) is 5.92 Å². The molecule has 0 saturated heterocycles. The van der Waals surface area contributed by atoms with Crippen molar-refractivity contribution in [3.8, 4) is 0 Å². The predicted octanol–water partition coefficient (Wildman–Crippen LogP) is 3.48. The number of hydrogen-bond donors (Lipinski definition) is 1. The molecule has 0 heterocycles. The Bertz CT molecular complexity index is 353. The number of halogens is 1. The van der Waals surface area contributed by atoms with Crippen molar-refractivity contribution in [3.63, 3.8) is 0 Å². The van der Waals surface area contributed by atoms with Crippen LogP contribution in [0.15, 0.2) is 30.3 Å². The molecule has 0 saturated carbocycles. The highest BCUT2D eigenvalue weighted by atomic mass is 35.5. The molecule has 0 unspecified atom stereocenters. The Morgan fingerprint density at radius 3 is 2.67 bits per heavy atom. The van der Waals surface area contributed by atoms with Crippen molar-refractivity contribution >= 4 is 17.2 Å². The highest BCUT2D eigenvalue weighted by Crippen LogP contribution is 2.32. The highest BCUT2D eigenvalue weighted by molar-refractivity contribution is 6.30. The lowest BCUT2D eigenvalue weighted by atomic mass is 9.84. The summed E-state index contributed by atoms with van der Waals surface area (Å²) < 4.78 is 0. The van der Waals surface area contributed by atoms with E-state index >= 15 is 0 Å². The summed E-state index contributed by atoms with van der Waals surface area (Å²) in [5.74, 6) is 0.528. The number of allylic oxidation sites excluding steroid dienone is 1. The lowest BCUT2D eigenvalue weighted by Gasteiger charge is -2.23. The molecule has 2 heteroatoms. The lowest BCUT2D eigenvalue weighted by Crippen LogP contribution is -2.18. The van der Waals surface area contributed by atoms with E-state index in [9.17, 15) is 0 Å². The molecule has 0 amide bonds. The van der Waals surface area contributed by atoms with Gasteiger partial charge in [0, 0.05) is 5.02 Å². The summed E-state index contributed by atoms with van der Waals surface area (Å²) >= 11 is 5.88. The molecule has 1 aromatic rings. The molecule has 1 atom stereocenters. The Morgan fingerprint density at radius 2 is 2.00 bits per heavy atom. The molecule has 2 N–H and O–H groups in total. The standard InChI is InChI=1S/C13H16ClN/c14-12-7-5-10(6-8-12)13-4-2-1-3-11(13)9-15/h4-8,11H,1-3,9,15H2/t11-/m1/s1. The Balaban J connectivity index is 2.28. The third kappa shape index (κ3) is 2.42. The van der Waals surface area contributed by atoms with Crippen LogP contribution in [0.4, 0.5) is 0 Å². The maximum Gasteiger partial charge on any atom is 0.0406 e. The predicted molar refractivity (Wildman–Crippen MR) is 65.8 cm³/mol. The third-order valence-corrected chi connectivity index (χ3v) is 3.27. The maximum atomic E-state index is 5.88. The topological polar surface area (TPSA) is 26.0 Å². The molecule has 1 nitrogen and oxygen atoms in total. The first-order valence-corrected chi connectivity index (χ1v) is 5.85. The van der Waals surface area contributed by atoms with Crippen LogP contribution in [0.5, 0.6) is 0 Å². The second-order valence-corrected chi connectivity index (χ2v) is 4.47. The molecule has 0 aromatic heterocycles. The van der Waals surface area contributed by atoms with Crippen LogP contribution in [-0.4, -0.2) is 6.54 Å². The fraction of sp³-hybridized carbons (Fsp3) is 0.385. The van der Waals surface area contributed by atoms with Crippen LogP contribution in [-0.2, 0) is 0 Å². The van der Waals surface area contributed by atoms with Crippen molar-refractivity contribution < 1.29 is 0 Å². The molecule has 0 spiro atoms. The van der Waals surface area contributed by atoms with Crippen LogP contribution in [0.25, 0.3) is 5.57 Å². The molecule has 1 aromatic carbocycles. The normalized spacial score (nSPS) is 21.2. The van der Waals surface area contributed by atoms with Gasteiger partial charge in [-0.3, -0.25) is 0 Å². The Labute approximate surface area is 95.9 Å². The van der Waals surface area contributed by atoms with Gasteiger partial charge in [-0.15, -0.1) is 0 Å². The molecule has 0 fully saturated rings. The van der Waals surface area contributed by atoms with Gasteiger partial charge in [-0.25, -0.2) is 0 Å². The van der Waals surface area contributed by atoms with Gasteiger partial charge in [0.15, 0.2) is 0 Å². The van der Waals surface area contributed by atoms with Crippen molar-refractivity contribution in [1.29, 1.82) is 0 Å². The molecular weight excluding hydrogens is 206 g/mol. The van der Waals surface area contributed by atoms with Crippen molar-refractivity contribution in [2.75, 3.05) is 6.54 Å². The van der Waals surface area contributed by atoms with E-state index in [2.05, 4.69) is 18.2 Å². The maximum absolute atomic E-state index is 5.88. The van der Waals surface area contributed by atoms with Crippen LogP contribution in [0.2, 0.25) is 5.02 Å². The molecule has 1 aliphatic carbocycles. The van der Waals surface area contributed by atoms with Crippen LogP contribution in [0, 0.1) is 5.92 Å². The van der Waals surface area contributed by atoms with Crippen molar-refractivity contribution in [2.45, 2.75) is 19.3 Å². The quantitative estimate of drug-likeness (QED) is 0.813. The van der Waals surface area contributed by atoms with Gasteiger partial charge in [-0.2, -0.15) is 0 Å². The average molecular weight is 222 g/mol. The zero-order valence-electron chi connectivity index (χ0n) is 8.75. The van der Waals surface area contributed by atoms with Gasteiger partial charge >= 0.3 is 0 Å². The molecule has 80 valence electrons. The number of hydrogen-bond acceptors (Lipinski definition) is 1. The van der Waals surface area contributed by atoms with Gasteiger partial charge in [0.25, 0.3) is 0 Å². The van der Waals surface area contributed by atoms with E-state index < -0.39 is 0 Å². The molecular formula is C13H16ClN. The van der Waals surface area contributed by atoms with E-state index in [1.807, 2.05) is 12.1 Å². The molecule has 0 aliphatic heterocycles. The van der Waals surface area contributed by atoms with Crippen molar-refractivity contribution in [3.05, 3.63) is 40.9 Å². The first kappa shape index (κ1) is 10.7. The zero-order chi connectivity index (χ0) is 10.7. The van der Waals surface area contributed by atoms with Gasteiger partial charge in [0.1, 0.15) is 0 Å². The largest absolute Gasteiger partial charge is 0.330 e. The van der Waals surface area contributed by atoms with E-state index in [1.54, 1.807) is 0 Å². The third-order valence-electron chi connectivity index (χ3n) is 3.02. The zero-order valence-corrected chi connectivity index (χ0v) is 9.50. The minimum absolute atomic E-state index is 0.528. The SMILES string of the molecule is NC[C@H]1CCCC=C1c1ccc(Cl)cc1. The fourth-order valence-corrected chi connectivity index (χ4v) is 2.31. The monoisotopic (exact) mass is 221 g/mol. The molecule has 0 radical (unpaired) electrons. The van der Waals surface area contributed by atoms with Crippen molar-refractivity contribution in [2.24, 2.45) is 11.7 Å². The Morgan fingerprint density at radius 1 is 1.27 bits per heavy atom. The molecule has 2 rings (SSSR count). The van der Waals surface area contributed by atoms with Gasteiger partial charge in [-0.1, -0.05) is 29.8 Å². The van der Waals surface area contributed by atoms with E-state index in [0.717, 1.165) is 11.6 Å². The minimum atomic E-state index is 0.528. The Kier molecular flexibility index (Phi) is 3.45. The second-order valence-electron chi connectivity index (χ2n) is 4.03. The summed E-state index contributed by atoms with van der Waals surface area (Å²) in [6.07, 6.45) is 5.97. The Hall–Kier alpha value is -0.790. The number of benzene rings is 1. The smallest absolute Gasteiger partial charge is 0.0406 e. The van der Waals surface area contributed by atoms with E-state index in [-0.39, 0.29) is 0 Å². The second kappa shape index (κ2) is 4.82. The fourth-order valence-electron chi connectivity index (χ4n) is 2.18. The van der Waals surface area contributed by atoms with Gasteiger partial charge in [0.05, 0.1) is 0 Å². The lowest BCUT2D eigenvalue weighted by molar-refractivity contribution is 0.567. The summed E-state index contributed by atoms with van der Waals surface area (Å²) in [7, 11) is 0. The average Bonchev–Trinajstić information content (AvgIpc) is 2.30. The van der Waals surface area contributed by atoms with Gasteiger partial charge < -0.3 is 5.73 Å². The van der Waals surface area contributed by atoms with Gasteiger partial charge in [-0.05, 0) is 55.0 Å². The molecule has 1 aliphatic rings. The van der Waals surface area contributed by atoms with Crippen molar-refractivity contribution in [1.82, 2.24) is 0 Å². The first-order chi connectivity index (χ1) is 7.31. The van der Waals surface area contributed by atoms with Crippen LogP contribution >= 0.6 is 11.6 Å². The molecule has 15 heavy (non-hydrogen) atoms. The summed E-state index contributed by atoms with van der Waals surface area (Å²) in [5.41, 5.74) is 8.47. The summed E-state index contributed by atoms with van der Waals surface area (Å²) in [5, 5.41) is 0.791. The highest BCUT2D eigenvalue weighted by Gasteiger charge is 2.17. The van der Waals surface area contributed by atoms with Crippen LogP contribution in [0.3, 0.4) is 0 Å². The van der Waals surface area contributed by atoms with Crippen LogP contribution in [0.1, 0.15) is 24.8 Å².